The average molecular weight is 266 g/mol. The van der Waals surface area contributed by atoms with Gasteiger partial charge in [0.1, 0.15) is 5.82 Å². The van der Waals surface area contributed by atoms with E-state index < -0.39 is 5.82 Å². The van der Waals surface area contributed by atoms with Gasteiger partial charge >= 0.3 is 0 Å². The van der Waals surface area contributed by atoms with E-state index in [0.717, 1.165) is 10.9 Å². The Labute approximate surface area is 115 Å². The van der Waals surface area contributed by atoms with E-state index in [1.807, 2.05) is 6.07 Å². The monoisotopic (exact) mass is 266 g/mol. The lowest BCUT2D eigenvalue weighted by atomic mass is 10.1. The van der Waals surface area contributed by atoms with Gasteiger partial charge in [0.2, 0.25) is 0 Å². The standard InChI is InChI=1S/C16H11FN2O/c17-13-5-1-2-6-15(13)19-16(20)12-7-8-14-11(10-12)4-3-9-18-14/h1-10H,(H,19,20). The zero-order valence-corrected chi connectivity index (χ0v) is 10.5. The summed E-state index contributed by atoms with van der Waals surface area (Å²) in [4.78, 5) is 16.3. The summed E-state index contributed by atoms with van der Waals surface area (Å²) in [6.07, 6.45) is 1.70. The van der Waals surface area contributed by atoms with Crippen LogP contribution in [-0.4, -0.2) is 10.9 Å². The molecular weight excluding hydrogens is 255 g/mol. The number of hydrogen-bond donors (Lipinski definition) is 1. The fourth-order valence-electron chi connectivity index (χ4n) is 1.97. The maximum atomic E-state index is 13.5. The van der Waals surface area contributed by atoms with Gasteiger partial charge in [-0.15, -0.1) is 0 Å². The molecule has 0 spiro atoms. The number of rotatable bonds is 2. The summed E-state index contributed by atoms with van der Waals surface area (Å²) in [6, 6.07) is 14.9. The van der Waals surface area contributed by atoms with Crippen LogP contribution in [0.2, 0.25) is 0 Å². The van der Waals surface area contributed by atoms with Crippen molar-refractivity contribution in [3.8, 4) is 0 Å². The molecular formula is C16H11FN2O. The van der Waals surface area contributed by atoms with Crippen LogP contribution in [0.3, 0.4) is 0 Å². The van der Waals surface area contributed by atoms with Crippen molar-refractivity contribution in [1.29, 1.82) is 0 Å². The average Bonchev–Trinajstić information content (AvgIpc) is 2.49. The number of carbonyl (C=O) groups excluding carboxylic acids is 1. The summed E-state index contributed by atoms with van der Waals surface area (Å²) in [7, 11) is 0. The SMILES string of the molecule is O=C(Nc1ccccc1F)c1ccc2ncccc2c1. The van der Waals surface area contributed by atoms with Crippen LogP contribution < -0.4 is 5.32 Å². The number of amides is 1. The molecule has 0 bridgehead atoms. The van der Waals surface area contributed by atoms with Crippen molar-refractivity contribution in [3.63, 3.8) is 0 Å². The maximum Gasteiger partial charge on any atom is 0.255 e. The number of aromatic nitrogens is 1. The number of para-hydroxylation sites is 1. The van der Waals surface area contributed by atoms with E-state index in [1.165, 1.54) is 12.1 Å². The number of fused-ring (bicyclic) bond motifs is 1. The molecule has 0 aliphatic carbocycles. The fourth-order valence-corrected chi connectivity index (χ4v) is 1.97. The van der Waals surface area contributed by atoms with Gasteiger partial charge in [-0.2, -0.15) is 0 Å². The second kappa shape index (κ2) is 5.09. The van der Waals surface area contributed by atoms with Crippen LogP contribution in [-0.2, 0) is 0 Å². The number of hydrogen-bond acceptors (Lipinski definition) is 2. The molecule has 3 nitrogen and oxygen atoms in total. The molecule has 20 heavy (non-hydrogen) atoms. The maximum absolute atomic E-state index is 13.5. The first-order chi connectivity index (χ1) is 9.74. The van der Waals surface area contributed by atoms with E-state index in [4.69, 9.17) is 0 Å². The molecule has 0 atom stereocenters. The zero-order valence-electron chi connectivity index (χ0n) is 10.5. The van der Waals surface area contributed by atoms with Crippen LogP contribution in [0.1, 0.15) is 10.4 Å². The summed E-state index contributed by atoms with van der Waals surface area (Å²) < 4.78 is 13.5. The quantitative estimate of drug-likeness (QED) is 0.769. The Kier molecular flexibility index (Phi) is 3.13. The smallest absolute Gasteiger partial charge is 0.255 e. The number of nitrogens with zero attached hydrogens (tertiary/aromatic N) is 1. The minimum absolute atomic E-state index is 0.170. The first-order valence-electron chi connectivity index (χ1n) is 6.15. The highest BCUT2D eigenvalue weighted by Gasteiger charge is 2.09. The van der Waals surface area contributed by atoms with Gasteiger partial charge in [0.05, 0.1) is 11.2 Å². The number of carbonyl (C=O) groups is 1. The molecule has 1 N–H and O–H groups in total. The number of halogens is 1. The van der Waals surface area contributed by atoms with Crippen LogP contribution in [0.5, 0.6) is 0 Å². The van der Waals surface area contributed by atoms with Crippen LogP contribution in [0.25, 0.3) is 10.9 Å². The number of benzene rings is 2. The van der Waals surface area contributed by atoms with E-state index in [1.54, 1.807) is 42.6 Å². The zero-order chi connectivity index (χ0) is 13.9. The molecule has 1 amide bonds. The highest BCUT2D eigenvalue weighted by atomic mass is 19.1. The predicted molar refractivity (Wildman–Crippen MR) is 76.1 cm³/mol. The van der Waals surface area contributed by atoms with Gasteiger partial charge in [0.25, 0.3) is 5.91 Å². The lowest BCUT2D eigenvalue weighted by molar-refractivity contribution is 0.102. The Bertz CT molecular complexity index is 786. The molecule has 4 heteroatoms. The van der Waals surface area contributed by atoms with Crippen molar-refractivity contribution >= 4 is 22.5 Å². The van der Waals surface area contributed by atoms with Crippen LogP contribution >= 0.6 is 0 Å². The van der Waals surface area contributed by atoms with Crippen molar-refractivity contribution in [3.05, 3.63) is 72.2 Å². The summed E-state index contributed by atoms with van der Waals surface area (Å²) in [5.74, 6) is -0.802. The van der Waals surface area contributed by atoms with Gasteiger partial charge in [-0.25, -0.2) is 4.39 Å². The Morgan fingerprint density at radius 2 is 1.90 bits per heavy atom. The molecule has 98 valence electrons. The molecule has 1 aromatic heterocycles. The van der Waals surface area contributed by atoms with E-state index in [2.05, 4.69) is 10.3 Å². The third kappa shape index (κ3) is 2.36. The van der Waals surface area contributed by atoms with E-state index >= 15 is 0 Å². The molecule has 1 heterocycles. The first-order valence-corrected chi connectivity index (χ1v) is 6.15. The molecule has 0 fully saturated rings. The molecule has 0 unspecified atom stereocenters. The Balaban J connectivity index is 1.91. The lowest BCUT2D eigenvalue weighted by Crippen LogP contribution is -2.12. The summed E-state index contributed by atoms with van der Waals surface area (Å²) in [6.45, 7) is 0. The number of nitrogens with one attached hydrogen (secondary N) is 1. The summed E-state index contributed by atoms with van der Waals surface area (Å²) in [5.41, 5.74) is 1.45. The van der Waals surface area contributed by atoms with E-state index in [0.29, 0.717) is 5.56 Å². The highest BCUT2D eigenvalue weighted by molar-refractivity contribution is 6.06. The molecule has 3 aromatic rings. The minimum atomic E-state index is -0.455. The van der Waals surface area contributed by atoms with Gasteiger partial charge in [-0.05, 0) is 36.4 Å². The highest BCUT2D eigenvalue weighted by Crippen LogP contribution is 2.17. The van der Waals surface area contributed by atoms with Gasteiger partial charge in [-0.1, -0.05) is 18.2 Å². The predicted octanol–water partition coefficient (Wildman–Crippen LogP) is 3.63. The third-order valence-corrected chi connectivity index (χ3v) is 2.99. The molecule has 0 aliphatic heterocycles. The van der Waals surface area contributed by atoms with Crippen molar-refractivity contribution in [1.82, 2.24) is 4.98 Å². The van der Waals surface area contributed by atoms with Gasteiger partial charge < -0.3 is 5.32 Å². The van der Waals surface area contributed by atoms with Gasteiger partial charge in [0.15, 0.2) is 0 Å². The van der Waals surface area contributed by atoms with Crippen LogP contribution in [0, 0.1) is 5.82 Å². The van der Waals surface area contributed by atoms with Crippen molar-refractivity contribution in [2.24, 2.45) is 0 Å². The van der Waals surface area contributed by atoms with Crippen molar-refractivity contribution in [2.45, 2.75) is 0 Å². The second-order valence-corrected chi connectivity index (χ2v) is 4.34. The van der Waals surface area contributed by atoms with Crippen LogP contribution in [0.4, 0.5) is 10.1 Å². The summed E-state index contributed by atoms with van der Waals surface area (Å²) >= 11 is 0. The second-order valence-electron chi connectivity index (χ2n) is 4.34. The van der Waals surface area contributed by atoms with Gasteiger partial charge in [0, 0.05) is 17.1 Å². The molecule has 0 aliphatic rings. The number of anilines is 1. The fraction of sp³-hybridized carbons (Fsp3) is 0. The lowest BCUT2D eigenvalue weighted by Gasteiger charge is -2.06. The normalized spacial score (nSPS) is 10.4. The van der Waals surface area contributed by atoms with Crippen LogP contribution in [0.15, 0.2) is 60.8 Å². The van der Waals surface area contributed by atoms with Crippen molar-refractivity contribution in [2.75, 3.05) is 5.32 Å². The molecule has 2 aromatic carbocycles. The van der Waals surface area contributed by atoms with E-state index in [9.17, 15) is 9.18 Å². The largest absolute Gasteiger partial charge is 0.319 e. The van der Waals surface area contributed by atoms with Gasteiger partial charge in [-0.3, -0.25) is 9.78 Å². The Hall–Kier alpha value is -2.75. The van der Waals surface area contributed by atoms with Crippen molar-refractivity contribution < 1.29 is 9.18 Å². The third-order valence-electron chi connectivity index (χ3n) is 2.99. The molecule has 0 radical (unpaired) electrons. The molecule has 0 saturated heterocycles. The number of pyridine rings is 1. The molecule has 0 saturated carbocycles. The molecule has 3 rings (SSSR count). The summed E-state index contributed by atoms with van der Waals surface area (Å²) in [5, 5.41) is 3.43. The Morgan fingerprint density at radius 1 is 1.05 bits per heavy atom. The first kappa shape index (κ1) is 12.3. The van der Waals surface area contributed by atoms with E-state index in [-0.39, 0.29) is 11.6 Å². The topological polar surface area (TPSA) is 42.0 Å². The Morgan fingerprint density at radius 3 is 2.75 bits per heavy atom. The minimum Gasteiger partial charge on any atom is -0.319 e.